The highest BCUT2D eigenvalue weighted by Crippen LogP contribution is 2.32. The smallest absolute Gasteiger partial charge is 0.265 e. The molecule has 1 amide bonds. The number of thioether (sulfide) groups is 1. The third-order valence-corrected chi connectivity index (χ3v) is 8.10. The lowest BCUT2D eigenvalue weighted by molar-refractivity contribution is -0.131. The van der Waals surface area contributed by atoms with Gasteiger partial charge in [0.15, 0.2) is 4.75 Å². The maximum Gasteiger partial charge on any atom is 0.265 e. The predicted molar refractivity (Wildman–Crippen MR) is 101 cm³/mol. The second-order valence-electron chi connectivity index (χ2n) is 7.08. The van der Waals surface area contributed by atoms with Gasteiger partial charge in [-0.15, -0.1) is 11.8 Å². The van der Waals surface area contributed by atoms with Gasteiger partial charge in [0.2, 0.25) is 10.0 Å². The molecule has 146 valence electrons. The Morgan fingerprint density at radius 3 is 2.27 bits per heavy atom. The standard InChI is InChI=1S/C17H26N2O5S2/c1-16(2,15(20)18-21)26(22,23)19-11-9-17(3,10-12-19)24-13-5-7-14(25-4)8-6-13/h5-8,21H,9-12H2,1-4H3,(H,18,20). The van der Waals surface area contributed by atoms with Crippen molar-refractivity contribution < 1.29 is 23.2 Å². The third-order valence-electron chi connectivity index (χ3n) is 4.84. The van der Waals surface area contributed by atoms with Crippen LogP contribution in [0.2, 0.25) is 0 Å². The van der Waals surface area contributed by atoms with Gasteiger partial charge in [-0.3, -0.25) is 10.0 Å². The molecule has 7 nitrogen and oxygen atoms in total. The number of hydrogen-bond donors (Lipinski definition) is 2. The van der Waals surface area contributed by atoms with E-state index in [1.165, 1.54) is 23.6 Å². The van der Waals surface area contributed by atoms with E-state index in [0.29, 0.717) is 12.8 Å². The van der Waals surface area contributed by atoms with Crippen LogP contribution in [0.15, 0.2) is 29.2 Å². The van der Waals surface area contributed by atoms with Gasteiger partial charge in [0.25, 0.3) is 5.91 Å². The second-order valence-corrected chi connectivity index (χ2v) is 10.4. The Balaban J connectivity index is 2.06. The van der Waals surface area contributed by atoms with Crippen LogP contribution in [-0.2, 0) is 14.8 Å². The summed E-state index contributed by atoms with van der Waals surface area (Å²) in [5.41, 5.74) is 0.962. The molecule has 0 saturated carbocycles. The van der Waals surface area contributed by atoms with Crippen LogP contribution < -0.4 is 10.2 Å². The van der Waals surface area contributed by atoms with Crippen molar-refractivity contribution in [1.29, 1.82) is 0 Å². The van der Waals surface area contributed by atoms with Crippen LogP contribution in [-0.4, -0.2) is 53.5 Å². The van der Waals surface area contributed by atoms with Crippen LogP contribution in [0.5, 0.6) is 5.75 Å². The number of rotatable bonds is 6. The quantitative estimate of drug-likeness (QED) is 0.430. The van der Waals surface area contributed by atoms with E-state index in [0.717, 1.165) is 10.6 Å². The maximum absolute atomic E-state index is 12.8. The lowest BCUT2D eigenvalue weighted by Crippen LogP contribution is -2.57. The Morgan fingerprint density at radius 2 is 1.81 bits per heavy atom. The summed E-state index contributed by atoms with van der Waals surface area (Å²) in [6, 6.07) is 7.79. The van der Waals surface area contributed by atoms with Crippen LogP contribution in [0.3, 0.4) is 0 Å². The fourth-order valence-electron chi connectivity index (χ4n) is 2.80. The number of carbonyl (C=O) groups is 1. The molecular weight excluding hydrogens is 376 g/mol. The van der Waals surface area contributed by atoms with E-state index in [-0.39, 0.29) is 13.1 Å². The van der Waals surface area contributed by atoms with Crippen LogP contribution in [0.25, 0.3) is 0 Å². The minimum atomic E-state index is -3.90. The lowest BCUT2D eigenvalue weighted by atomic mass is 9.94. The Labute approximate surface area is 159 Å². The van der Waals surface area contributed by atoms with Crippen molar-refractivity contribution in [3.63, 3.8) is 0 Å². The molecule has 1 saturated heterocycles. The van der Waals surface area contributed by atoms with Gasteiger partial charge in [-0.2, -0.15) is 0 Å². The number of carbonyl (C=O) groups excluding carboxylic acids is 1. The minimum Gasteiger partial charge on any atom is -0.487 e. The van der Waals surface area contributed by atoms with Gasteiger partial charge >= 0.3 is 0 Å². The van der Waals surface area contributed by atoms with Crippen molar-refractivity contribution in [2.45, 2.75) is 48.9 Å². The van der Waals surface area contributed by atoms with E-state index >= 15 is 0 Å². The summed E-state index contributed by atoms with van der Waals surface area (Å²) in [7, 11) is -3.90. The first-order chi connectivity index (χ1) is 12.1. The molecule has 0 aliphatic carbocycles. The van der Waals surface area contributed by atoms with E-state index < -0.39 is 26.3 Å². The first-order valence-corrected chi connectivity index (χ1v) is 11.0. The predicted octanol–water partition coefficient (Wildman–Crippen LogP) is 2.26. The first kappa shape index (κ1) is 21.0. The third kappa shape index (κ3) is 4.16. The van der Waals surface area contributed by atoms with E-state index in [4.69, 9.17) is 9.94 Å². The number of nitrogens with one attached hydrogen (secondary N) is 1. The number of piperidine rings is 1. The number of hydroxylamine groups is 1. The molecule has 2 N–H and O–H groups in total. The summed E-state index contributed by atoms with van der Waals surface area (Å²) in [5, 5.41) is 8.81. The van der Waals surface area contributed by atoms with Gasteiger partial charge in [-0.05, 0) is 51.3 Å². The molecule has 1 fully saturated rings. The monoisotopic (exact) mass is 402 g/mol. The highest BCUT2D eigenvalue weighted by molar-refractivity contribution is 7.98. The van der Waals surface area contributed by atoms with Gasteiger partial charge in [-0.1, -0.05) is 0 Å². The van der Waals surface area contributed by atoms with Gasteiger partial charge in [-0.25, -0.2) is 18.2 Å². The van der Waals surface area contributed by atoms with Crippen LogP contribution in [0.1, 0.15) is 33.6 Å². The van der Waals surface area contributed by atoms with E-state index in [1.54, 1.807) is 11.8 Å². The zero-order chi connectivity index (χ0) is 19.6. The molecule has 0 spiro atoms. The maximum atomic E-state index is 12.8. The Morgan fingerprint density at radius 1 is 1.27 bits per heavy atom. The lowest BCUT2D eigenvalue weighted by Gasteiger charge is -2.41. The fourth-order valence-corrected chi connectivity index (χ4v) is 4.80. The first-order valence-electron chi connectivity index (χ1n) is 8.33. The molecule has 9 heteroatoms. The van der Waals surface area contributed by atoms with Crippen molar-refractivity contribution in [1.82, 2.24) is 9.79 Å². The average Bonchev–Trinajstić information content (AvgIpc) is 2.61. The van der Waals surface area contributed by atoms with E-state index in [9.17, 15) is 13.2 Å². The zero-order valence-corrected chi connectivity index (χ0v) is 17.1. The molecule has 26 heavy (non-hydrogen) atoms. The molecule has 1 aliphatic rings. The van der Waals surface area contributed by atoms with Crippen molar-refractivity contribution in [3.05, 3.63) is 24.3 Å². The summed E-state index contributed by atoms with van der Waals surface area (Å²) in [6.45, 7) is 5.04. The van der Waals surface area contributed by atoms with Gasteiger partial charge in [0.1, 0.15) is 11.4 Å². The largest absolute Gasteiger partial charge is 0.487 e. The van der Waals surface area contributed by atoms with Gasteiger partial charge in [0, 0.05) is 30.8 Å². The highest BCUT2D eigenvalue weighted by atomic mass is 32.2. The molecule has 0 aromatic heterocycles. The second kappa shape index (κ2) is 7.75. The molecule has 2 rings (SSSR count). The summed E-state index contributed by atoms with van der Waals surface area (Å²) in [5.74, 6) is -0.197. The summed E-state index contributed by atoms with van der Waals surface area (Å²) in [6.07, 6.45) is 3.02. The van der Waals surface area contributed by atoms with Crippen LogP contribution >= 0.6 is 11.8 Å². The molecule has 0 bridgehead atoms. The SMILES string of the molecule is CSc1ccc(OC2(C)CCN(S(=O)(=O)C(C)(C)C(=O)NO)CC2)cc1. The number of sulfonamides is 1. The van der Waals surface area contributed by atoms with Crippen molar-refractivity contribution in [3.8, 4) is 5.75 Å². The zero-order valence-electron chi connectivity index (χ0n) is 15.5. The fraction of sp³-hybridized carbons (Fsp3) is 0.588. The minimum absolute atomic E-state index is 0.254. The normalized spacial score (nSPS) is 18.3. The number of amides is 1. The van der Waals surface area contributed by atoms with E-state index in [2.05, 4.69) is 0 Å². The number of hydrogen-bond acceptors (Lipinski definition) is 6. The van der Waals surface area contributed by atoms with Gasteiger partial charge in [0.05, 0.1) is 0 Å². The van der Waals surface area contributed by atoms with E-state index in [1.807, 2.05) is 37.4 Å². The molecular formula is C17H26N2O5S2. The van der Waals surface area contributed by atoms with Crippen molar-refractivity contribution in [2.24, 2.45) is 0 Å². The molecule has 0 unspecified atom stereocenters. The van der Waals surface area contributed by atoms with Gasteiger partial charge < -0.3 is 4.74 Å². The molecule has 1 aromatic carbocycles. The number of nitrogens with zero attached hydrogens (tertiary/aromatic N) is 1. The number of ether oxygens (including phenoxy) is 1. The summed E-state index contributed by atoms with van der Waals surface area (Å²) in [4.78, 5) is 12.9. The summed E-state index contributed by atoms with van der Waals surface area (Å²) >= 11 is 1.65. The topological polar surface area (TPSA) is 95.9 Å². The van der Waals surface area contributed by atoms with Crippen LogP contribution in [0, 0.1) is 0 Å². The van der Waals surface area contributed by atoms with Crippen molar-refractivity contribution >= 4 is 27.7 Å². The molecule has 1 aliphatic heterocycles. The molecule has 1 aromatic rings. The Bertz CT molecular complexity index is 739. The van der Waals surface area contributed by atoms with Crippen molar-refractivity contribution in [2.75, 3.05) is 19.3 Å². The molecule has 0 radical (unpaired) electrons. The number of benzene rings is 1. The highest BCUT2D eigenvalue weighted by Gasteiger charge is 2.47. The Kier molecular flexibility index (Phi) is 6.27. The Hall–Kier alpha value is -1.29. The molecule has 0 atom stereocenters. The average molecular weight is 403 g/mol. The molecule has 1 heterocycles. The summed E-state index contributed by atoms with van der Waals surface area (Å²) < 4.78 is 31.2. The van der Waals surface area contributed by atoms with Crippen LogP contribution in [0.4, 0.5) is 0 Å².